The minimum Gasteiger partial charge on any atom is -0.444 e. The number of ether oxygens (including phenoxy) is 1. The summed E-state index contributed by atoms with van der Waals surface area (Å²) in [6.07, 6.45) is -0.103. The third kappa shape index (κ3) is 9.30. The van der Waals surface area contributed by atoms with Crippen molar-refractivity contribution in [3.63, 3.8) is 0 Å². The Labute approximate surface area is 114 Å². The third-order valence-corrected chi connectivity index (χ3v) is 2.13. The molecule has 19 heavy (non-hydrogen) atoms. The zero-order valence-electron chi connectivity index (χ0n) is 12.4. The molecule has 112 valence electrons. The van der Waals surface area contributed by atoms with Gasteiger partial charge in [0.05, 0.1) is 6.61 Å². The molecule has 0 heterocycles. The predicted octanol–water partition coefficient (Wildman–Crippen LogP) is 1.03. The Morgan fingerprint density at radius 3 is 2.26 bits per heavy atom. The van der Waals surface area contributed by atoms with Gasteiger partial charge >= 0.3 is 6.09 Å². The lowest BCUT2D eigenvalue weighted by atomic mass is 10.0. The summed E-state index contributed by atoms with van der Waals surface area (Å²) in [5.41, 5.74) is -0.603. The van der Waals surface area contributed by atoms with Crippen LogP contribution in [-0.2, 0) is 9.53 Å². The molecule has 0 aliphatic rings. The molecule has 0 saturated heterocycles. The smallest absolute Gasteiger partial charge is 0.408 e. The molecule has 0 aromatic rings. The van der Waals surface area contributed by atoms with Gasteiger partial charge in [-0.05, 0) is 33.1 Å². The molecule has 0 rings (SSSR count). The van der Waals surface area contributed by atoms with Gasteiger partial charge in [0.15, 0.2) is 0 Å². The van der Waals surface area contributed by atoms with E-state index >= 15 is 0 Å². The molecule has 1 atom stereocenters. The van der Waals surface area contributed by atoms with Crippen LogP contribution in [0.4, 0.5) is 4.79 Å². The van der Waals surface area contributed by atoms with Crippen molar-refractivity contribution in [1.82, 2.24) is 10.6 Å². The quantitative estimate of drug-likeness (QED) is 0.675. The van der Waals surface area contributed by atoms with Crippen LogP contribution < -0.4 is 10.6 Å². The second kappa shape index (κ2) is 7.99. The Balaban J connectivity index is 4.50. The maximum atomic E-state index is 11.8. The van der Waals surface area contributed by atoms with Crippen LogP contribution >= 0.6 is 0 Å². The molecule has 6 heteroatoms. The molecular formula is C13H26N2O4. The van der Waals surface area contributed by atoms with Gasteiger partial charge < -0.3 is 20.5 Å². The van der Waals surface area contributed by atoms with Gasteiger partial charge in [-0.2, -0.15) is 0 Å². The van der Waals surface area contributed by atoms with Gasteiger partial charge in [-0.1, -0.05) is 13.8 Å². The van der Waals surface area contributed by atoms with Gasteiger partial charge in [-0.3, -0.25) is 4.79 Å². The SMILES string of the molecule is CC(C)C[C@H](NC(=O)OC(C)(C)C)C(=O)NCCO. The number of nitrogens with one attached hydrogen (secondary N) is 2. The van der Waals surface area contributed by atoms with E-state index in [0.29, 0.717) is 6.42 Å². The molecule has 0 aliphatic heterocycles. The first kappa shape index (κ1) is 17.7. The molecule has 0 saturated carbocycles. The van der Waals surface area contributed by atoms with Crippen LogP contribution in [0.5, 0.6) is 0 Å². The Morgan fingerprint density at radius 1 is 1.26 bits per heavy atom. The van der Waals surface area contributed by atoms with Crippen LogP contribution in [0.3, 0.4) is 0 Å². The van der Waals surface area contributed by atoms with Gasteiger partial charge in [-0.25, -0.2) is 4.79 Å². The summed E-state index contributed by atoms with van der Waals surface area (Å²) in [6, 6.07) is -0.651. The Bertz CT molecular complexity index is 298. The zero-order chi connectivity index (χ0) is 15.1. The molecule has 0 fully saturated rings. The van der Waals surface area contributed by atoms with E-state index in [2.05, 4.69) is 10.6 Å². The fraction of sp³-hybridized carbons (Fsp3) is 0.846. The van der Waals surface area contributed by atoms with E-state index in [1.165, 1.54) is 0 Å². The standard InChI is InChI=1S/C13H26N2O4/c1-9(2)8-10(11(17)14-6-7-16)15-12(18)19-13(3,4)5/h9-10,16H,6-8H2,1-5H3,(H,14,17)(H,15,18)/t10-/m0/s1. The van der Waals surface area contributed by atoms with Crippen LogP contribution in [0, 0.1) is 5.92 Å². The second-order valence-corrected chi connectivity index (χ2v) is 5.84. The first-order valence-electron chi connectivity index (χ1n) is 6.53. The van der Waals surface area contributed by atoms with E-state index in [0.717, 1.165) is 0 Å². The summed E-state index contributed by atoms with van der Waals surface area (Å²) in [5, 5.41) is 13.8. The summed E-state index contributed by atoms with van der Waals surface area (Å²) in [4.78, 5) is 23.5. The highest BCUT2D eigenvalue weighted by atomic mass is 16.6. The third-order valence-electron chi connectivity index (χ3n) is 2.13. The number of carbonyl (C=O) groups excluding carboxylic acids is 2. The zero-order valence-corrected chi connectivity index (χ0v) is 12.4. The van der Waals surface area contributed by atoms with E-state index in [9.17, 15) is 9.59 Å². The molecule has 0 aliphatic carbocycles. The van der Waals surface area contributed by atoms with Crippen molar-refractivity contribution in [2.24, 2.45) is 5.92 Å². The Hall–Kier alpha value is -1.30. The van der Waals surface area contributed by atoms with Crippen LogP contribution in [0.1, 0.15) is 41.0 Å². The van der Waals surface area contributed by atoms with Crippen molar-refractivity contribution in [3.8, 4) is 0 Å². The largest absolute Gasteiger partial charge is 0.444 e. The number of carbonyl (C=O) groups is 2. The maximum absolute atomic E-state index is 11.8. The van der Waals surface area contributed by atoms with Gasteiger partial charge in [0, 0.05) is 6.54 Å². The molecule has 3 N–H and O–H groups in total. The van der Waals surface area contributed by atoms with Crippen molar-refractivity contribution in [1.29, 1.82) is 0 Å². The lowest BCUT2D eigenvalue weighted by Crippen LogP contribution is -2.49. The fourth-order valence-electron chi connectivity index (χ4n) is 1.46. The minimum atomic E-state index is -0.651. The maximum Gasteiger partial charge on any atom is 0.408 e. The van der Waals surface area contributed by atoms with Crippen molar-refractivity contribution in [2.75, 3.05) is 13.2 Å². The van der Waals surface area contributed by atoms with Crippen molar-refractivity contribution >= 4 is 12.0 Å². The molecule has 0 radical (unpaired) electrons. The normalized spacial score (nSPS) is 13.0. The van der Waals surface area contributed by atoms with Gasteiger partial charge in [0.1, 0.15) is 11.6 Å². The van der Waals surface area contributed by atoms with Crippen molar-refractivity contribution in [2.45, 2.75) is 52.7 Å². The highest BCUT2D eigenvalue weighted by molar-refractivity contribution is 5.85. The van der Waals surface area contributed by atoms with Crippen LogP contribution in [0.15, 0.2) is 0 Å². The van der Waals surface area contributed by atoms with Crippen molar-refractivity contribution in [3.05, 3.63) is 0 Å². The first-order chi connectivity index (χ1) is 8.65. The highest BCUT2D eigenvalue weighted by Crippen LogP contribution is 2.09. The molecule has 0 aromatic heterocycles. The molecule has 0 bridgehead atoms. The lowest BCUT2D eigenvalue weighted by Gasteiger charge is -2.24. The number of rotatable bonds is 6. The van der Waals surface area contributed by atoms with Gasteiger partial charge in [0.25, 0.3) is 0 Å². The van der Waals surface area contributed by atoms with Gasteiger partial charge in [-0.15, -0.1) is 0 Å². The van der Waals surface area contributed by atoms with Gasteiger partial charge in [0.2, 0.25) is 5.91 Å². The molecule has 6 nitrogen and oxygen atoms in total. The van der Waals surface area contributed by atoms with Crippen molar-refractivity contribution < 1.29 is 19.4 Å². The molecule has 2 amide bonds. The molecule has 0 unspecified atom stereocenters. The topological polar surface area (TPSA) is 87.7 Å². The minimum absolute atomic E-state index is 0.132. The van der Waals surface area contributed by atoms with E-state index in [4.69, 9.17) is 9.84 Å². The summed E-state index contributed by atoms with van der Waals surface area (Å²) < 4.78 is 5.12. The van der Waals surface area contributed by atoms with Crippen LogP contribution in [0.2, 0.25) is 0 Å². The highest BCUT2D eigenvalue weighted by Gasteiger charge is 2.24. The number of hydrogen-bond donors (Lipinski definition) is 3. The number of amides is 2. The summed E-state index contributed by atoms with van der Waals surface area (Å²) >= 11 is 0. The predicted molar refractivity (Wildman–Crippen MR) is 72.7 cm³/mol. The average molecular weight is 274 g/mol. The summed E-state index contributed by atoms with van der Waals surface area (Å²) in [7, 11) is 0. The Morgan fingerprint density at radius 2 is 1.84 bits per heavy atom. The number of hydrogen-bond acceptors (Lipinski definition) is 4. The lowest BCUT2D eigenvalue weighted by molar-refractivity contribution is -0.123. The molecule has 0 spiro atoms. The fourth-order valence-corrected chi connectivity index (χ4v) is 1.46. The van der Waals surface area contributed by atoms with E-state index < -0.39 is 17.7 Å². The van der Waals surface area contributed by atoms with Crippen LogP contribution in [0.25, 0.3) is 0 Å². The Kier molecular flexibility index (Phi) is 7.44. The molecule has 0 aromatic carbocycles. The number of aliphatic hydroxyl groups is 1. The molecular weight excluding hydrogens is 248 g/mol. The van der Waals surface area contributed by atoms with E-state index in [1.54, 1.807) is 20.8 Å². The monoisotopic (exact) mass is 274 g/mol. The van der Waals surface area contributed by atoms with E-state index in [-0.39, 0.29) is 25.0 Å². The number of aliphatic hydroxyl groups excluding tert-OH is 1. The second-order valence-electron chi connectivity index (χ2n) is 5.84. The summed E-state index contributed by atoms with van der Waals surface area (Å²) in [6.45, 7) is 9.24. The van der Waals surface area contributed by atoms with E-state index in [1.807, 2.05) is 13.8 Å². The number of alkyl carbamates (subject to hydrolysis) is 1. The summed E-state index contributed by atoms with van der Waals surface area (Å²) in [5.74, 6) is -0.0616. The average Bonchev–Trinajstić information content (AvgIpc) is 2.21. The van der Waals surface area contributed by atoms with Crippen LogP contribution in [-0.4, -0.2) is 41.9 Å². The first-order valence-corrected chi connectivity index (χ1v) is 6.53.